The van der Waals surface area contributed by atoms with Gasteiger partial charge in [0.2, 0.25) is 0 Å². The molecule has 0 amide bonds. The second-order valence-electron chi connectivity index (χ2n) is 5.66. The van der Waals surface area contributed by atoms with Crippen LogP contribution in [0.4, 0.5) is 0 Å². The van der Waals surface area contributed by atoms with Crippen LogP contribution in [0.25, 0.3) is 0 Å². The predicted molar refractivity (Wildman–Crippen MR) is 60.7 cm³/mol. The maximum Gasteiger partial charge on any atom is 0.327 e. The topological polar surface area (TPSA) is 38.3 Å². The van der Waals surface area contributed by atoms with Crippen LogP contribution < -0.4 is 5.32 Å². The molecule has 0 spiro atoms. The zero-order valence-corrected chi connectivity index (χ0v) is 10.5. The summed E-state index contributed by atoms with van der Waals surface area (Å²) in [5.41, 5.74) is -0.851. The van der Waals surface area contributed by atoms with Crippen LogP contribution in [0.3, 0.4) is 0 Å². The van der Waals surface area contributed by atoms with Crippen molar-refractivity contribution in [2.24, 2.45) is 5.92 Å². The Labute approximate surface area is 92.6 Å². The highest BCUT2D eigenvalue weighted by molar-refractivity contribution is 5.82. The van der Waals surface area contributed by atoms with Crippen molar-refractivity contribution in [2.75, 3.05) is 6.54 Å². The molecule has 1 aliphatic heterocycles. The van der Waals surface area contributed by atoms with Crippen molar-refractivity contribution in [2.45, 2.75) is 58.6 Å². The summed E-state index contributed by atoms with van der Waals surface area (Å²) in [6.45, 7) is 10.8. The molecule has 1 atom stereocenters. The van der Waals surface area contributed by atoms with Crippen LogP contribution in [0, 0.1) is 5.92 Å². The van der Waals surface area contributed by atoms with Gasteiger partial charge >= 0.3 is 5.97 Å². The lowest BCUT2D eigenvalue weighted by atomic mass is 9.85. The van der Waals surface area contributed by atoms with E-state index in [0.717, 1.165) is 19.4 Å². The minimum Gasteiger partial charge on any atom is -0.459 e. The van der Waals surface area contributed by atoms with E-state index in [9.17, 15) is 4.79 Å². The van der Waals surface area contributed by atoms with Crippen LogP contribution >= 0.6 is 0 Å². The second-order valence-corrected chi connectivity index (χ2v) is 5.66. The molecule has 0 bridgehead atoms. The highest BCUT2D eigenvalue weighted by Crippen LogP contribution is 2.30. The fraction of sp³-hybridized carbons (Fsp3) is 0.917. The summed E-state index contributed by atoms with van der Waals surface area (Å²) in [4.78, 5) is 12.1. The van der Waals surface area contributed by atoms with Gasteiger partial charge in [-0.05, 0) is 46.1 Å². The lowest BCUT2D eigenvalue weighted by Crippen LogP contribution is -2.54. The molecule has 1 saturated heterocycles. The first-order valence-electron chi connectivity index (χ1n) is 5.76. The van der Waals surface area contributed by atoms with Crippen molar-refractivity contribution in [1.29, 1.82) is 0 Å². The summed E-state index contributed by atoms with van der Waals surface area (Å²) in [7, 11) is 0. The molecule has 88 valence electrons. The van der Waals surface area contributed by atoms with Crippen molar-refractivity contribution in [3.8, 4) is 0 Å². The summed E-state index contributed by atoms with van der Waals surface area (Å²) in [5, 5.41) is 3.32. The Morgan fingerprint density at radius 2 is 2.00 bits per heavy atom. The number of hydrogen-bond acceptors (Lipinski definition) is 3. The summed E-state index contributed by atoms with van der Waals surface area (Å²) in [6, 6.07) is 0. The second kappa shape index (κ2) is 4.12. The van der Waals surface area contributed by atoms with E-state index in [4.69, 9.17) is 4.74 Å². The van der Waals surface area contributed by atoms with Gasteiger partial charge in [-0.15, -0.1) is 0 Å². The third-order valence-electron chi connectivity index (χ3n) is 2.94. The number of carbonyl (C=O) groups is 1. The van der Waals surface area contributed by atoms with Crippen molar-refractivity contribution >= 4 is 5.97 Å². The van der Waals surface area contributed by atoms with Gasteiger partial charge in [-0.25, -0.2) is 0 Å². The van der Waals surface area contributed by atoms with Crippen LogP contribution in [-0.4, -0.2) is 23.7 Å². The van der Waals surface area contributed by atoms with Crippen LogP contribution in [0.5, 0.6) is 0 Å². The third-order valence-corrected chi connectivity index (χ3v) is 2.94. The smallest absolute Gasteiger partial charge is 0.327 e. The Morgan fingerprint density at radius 1 is 1.40 bits per heavy atom. The zero-order chi connectivity index (χ0) is 11.7. The Kier molecular flexibility index (Phi) is 3.44. The molecule has 3 heteroatoms. The molecule has 0 aromatic carbocycles. The zero-order valence-electron chi connectivity index (χ0n) is 10.5. The molecule has 1 N–H and O–H groups in total. The average molecular weight is 213 g/mol. The van der Waals surface area contributed by atoms with Gasteiger partial charge in [-0.3, -0.25) is 4.79 Å². The first-order chi connectivity index (χ1) is 6.78. The SMILES string of the molecule is CC(C)[C@]1(C(=O)OC(C)(C)C)CCCN1. The standard InChI is InChI=1S/C12H23NO2/c1-9(2)12(7-6-8-13-12)10(14)15-11(3,4)5/h9,13H,6-8H2,1-5H3/t12-/m0/s1. The molecule has 1 heterocycles. The summed E-state index contributed by atoms with van der Waals surface area (Å²) >= 11 is 0. The number of rotatable bonds is 2. The van der Waals surface area contributed by atoms with Crippen LogP contribution in [0.15, 0.2) is 0 Å². The lowest BCUT2D eigenvalue weighted by molar-refractivity contribution is -0.164. The molecule has 0 aliphatic carbocycles. The Hall–Kier alpha value is -0.570. The average Bonchev–Trinajstić information content (AvgIpc) is 2.48. The van der Waals surface area contributed by atoms with Gasteiger partial charge in [0.25, 0.3) is 0 Å². The van der Waals surface area contributed by atoms with E-state index in [0.29, 0.717) is 0 Å². The minimum atomic E-state index is -0.451. The lowest BCUT2D eigenvalue weighted by Gasteiger charge is -2.34. The molecular formula is C12H23NO2. The largest absolute Gasteiger partial charge is 0.459 e. The van der Waals surface area contributed by atoms with E-state index in [1.54, 1.807) is 0 Å². The highest BCUT2D eigenvalue weighted by atomic mass is 16.6. The van der Waals surface area contributed by atoms with E-state index in [2.05, 4.69) is 19.2 Å². The fourth-order valence-corrected chi connectivity index (χ4v) is 2.04. The molecule has 0 saturated carbocycles. The summed E-state index contributed by atoms with van der Waals surface area (Å²) < 4.78 is 5.48. The highest BCUT2D eigenvalue weighted by Gasteiger charge is 2.46. The van der Waals surface area contributed by atoms with Crippen LogP contribution in [0.2, 0.25) is 0 Å². The van der Waals surface area contributed by atoms with Gasteiger partial charge in [0.05, 0.1) is 0 Å². The van der Waals surface area contributed by atoms with E-state index in [1.807, 2.05) is 20.8 Å². The Morgan fingerprint density at radius 3 is 2.33 bits per heavy atom. The Bertz CT molecular complexity index is 234. The fourth-order valence-electron chi connectivity index (χ4n) is 2.04. The first kappa shape index (κ1) is 12.5. The number of ether oxygens (including phenoxy) is 1. The van der Waals surface area contributed by atoms with E-state index < -0.39 is 11.1 Å². The molecule has 1 rings (SSSR count). The number of esters is 1. The maximum absolute atomic E-state index is 12.1. The summed E-state index contributed by atoms with van der Waals surface area (Å²) in [5.74, 6) is 0.178. The van der Waals surface area contributed by atoms with Gasteiger partial charge in [0.1, 0.15) is 11.1 Å². The van der Waals surface area contributed by atoms with E-state index in [-0.39, 0.29) is 11.9 Å². The van der Waals surface area contributed by atoms with Gasteiger partial charge in [0, 0.05) is 0 Å². The van der Waals surface area contributed by atoms with Gasteiger partial charge < -0.3 is 10.1 Å². The van der Waals surface area contributed by atoms with E-state index in [1.165, 1.54) is 0 Å². The molecular weight excluding hydrogens is 190 g/mol. The van der Waals surface area contributed by atoms with Gasteiger partial charge in [0.15, 0.2) is 0 Å². The predicted octanol–water partition coefficient (Wildman–Crippen LogP) is 2.11. The van der Waals surface area contributed by atoms with Crippen molar-refractivity contribution in [1.82, 2.24) is 5.32 Å². The van der Waals surface area contributed by atoms with Gasteiger partial charge in [-0.2, -0.15) is 0 Å². The normalized spacial score (nSPS) is 27.1. The minimum absolute atomic E-state index is 0.0949. The molecule has 1 aliphatic rings. The molecule has 1 fully saturated rings. The van der Waals surface area contributed by atoms with Crippen molar-refractivity contribution in [3.05, 3.63) is 0 Å². The van der Waals surface area contributed by atoms with Crippen LogP contribution in [-0.2, 0) is 9.53 Å². The summed E-state index contributed by atoms with van der Waals surface area (Å²) in [6.07, 6.45) is 1.94. The quantitative estimate of drug-likeness (QED) is 0.714. The molecule has 3 nitrogen and oxygen atoms in total. The van der Waals surface area contributed by atoms with E-state index >= 15 is 0 Å². The van der Waals surface area contributed by atoms with Gasteiger partial charge in [-0.1, -0.05) is 13.8 Å². The third kappa shape index (κ3) is 2.71. The molecule has 0 aromatic rings. The maximum atomic E-state index is 12.1. The monoisotopic (exact) mass is 213 g/mol. The molecule has 0 unspecified atom stereocenters. The number of hydrogen-bond donors (Lipinski definition) is 1. The number of nitrogens with one attached hydrogen (secondary N) is 1. The first-order valence-corrected chi connectivity index (χ1v) is 5.76. The number of carbonyl (C=O) groups excluding carboxylic acids is 1. The van der Waals surface area contributed by atoms with Crippen LogP contribution in [0.1, 0.15) is 47.5 Å². The van der Waals surface area contributed by atoms with Crippen molar-refractivity contribution < 1.29 is 9.53 Å². The molecule has 0 radical (unpaired) electrons. The van der Waals surface area contributed by atoms with Crippen molar-refractivity contribution in [3.63, 3.8) is 0 Å². The molecule has 0 aromatic heterocycles. The molecule has 15 heavy (non-hydrogen) atoms. The Balaban J connectivity index is 2.77.